The molecular weight excluding hydrogens is 587 g/mol. The molecule has 3 aromatic heterocycles. The molecule has 0 aliphatic carbocycles. The minimum Gasteiger partial charge on any atom is -0.454 e. The molecule has 7 aromatic carbocycles. The van der Waals surface area contributed by atoms with Crippen molar-refractivity contribution in [1.82, 2.24) is 14.5 Å². The van der Waals surface area contributed by atoms with E-state index in [1.54, 1.807) is 0 Å². The normalized spacial score (nSPS) is 11.8. The van der Waals surface area contributed by atoms with E-state index in [-0.39, 0.29) is 0 Å². The topological polar surface area (TPSA) is 43.9 Å². The quantitative estimate of drug-likeness (QED) is 0.198. The highest BCUT2D eigenvalue weighted by Gasteiger charge is 2.23. The molecule has 0 saturated heterocycles. The van der Waals surface area contributed by atoms with E-state index in [0.717, 1.165) is 77.5 Å². The van der Waals surface area contributed by atoms with Gasteiger partial charge >= 0.3 is 0 Å². The van der Waals surface area contributed by atoms with Gasteiger partial charge in [-0.05, 0) is 53.2 Å². The number of fused-ring (bicyclic) bond motifs is 10. The van der Waals surface area contributed by atoms with Crippen molar-refractivity contribution >= 4 is 54.5 Å². The number of rotatable bonds is 4. The first-order chi connectivity index (χ1) is 23.8. The summed E-state index contributed by atoms with van der Waals surface area (Å²) in [5, 5.41) is 6.90. The molecule has 0 unspecified atom stereocenters. The third kappa shape index (κ3) is 4.03. The Morgan fingerprint density at radius 1 is 0.438 bits per heavy atom. The molecule has 0 fully saturated rings. The second-order valence-electron chi connectivity index (χ2n) is 12.2. The van der Waals surface area contributed by atoms with Crippen molar-refractivity contribution < 1.29 is 4.42 Å². The van der Waals surface area contributed by atoms with Crippen LogP contribution in [0.4, 0.5) is 0 Å². The van der Waals surface area contributed by atoms with Crippen LogP contribution in [0.1, 0.15) is 0 Å². The number of furan rings is 1. The Morgan fingerprint density at radius 2 is 1.00 bits per heavy atom. The first-order valence-electron chi connectivity index (χ1n) is 16.2. The van der Waals surface area contributed by atoms with E-state index in [1.807, 2.05) is 42.5 Å². The van der Waals surface area contributed by atoms with Gasteiger partial charge in [0.1, 0.15) is 5.58 Å². The van der Waals surface area contributed by atoms with E-state index in [1.165, 1.54) is 10.8 Å². The second-order valence-corrected chi connectivity index (χ2v) is 12.2. The van der Waals surface area contributed by atoms with E-state index in [0.29, 0.717) is 5.82 Å². The molecule has 3 heterocycles. The Hall–Kier alpha value is -6.52. The molecule has 0 aliphatic rings. The first kappa shape index (κ1) is 26.7. The van der Waals surface area contributed by atoms with Crippen LogP contribution in [0.5, 0.6) is 0 Å². The van der Waals surface area contributed by atoms with Gasteiger partial charge in [0.2, 0.25) is 0 Å². The van der Waals surface area contributed by atoms with E-state index in [2.05, 4.69) is 126 Å². The Balaban J connectivity index is 1.33. The summed E-state index contributed by atoms with van der Waals surface area (Å²) in [5.41, 5.74) is 9.85. The molecule has 0 N–H and O–H groups in total. The average molecular weight is 614 g/mol. The minimum atomic E-state index is 0.687. The molecule has 0 spiro atoms. The van der Waals surface area contributed by atoms with Gasteiger partial charge in [0.25, 0.3) is 0 Å². The number of hydrogen-bond donors (Lipinski definition) is 0. The molecular formula is C44H27N3O. The molecule has 0 atom stereocenters. The highest BCUT2D eigenvalue weighted by atomic mass is 16.3. The van der Waals surface area contributed by atoms with Crippen LogP contribution in [0.25, 0.3) is 94.1 Å². The maximum atomic E-state index is 6.76. The molecule has 10 aromatic rings. The lowest BCUT2D eigenvalue weighted by atomic mass is 9.98. The van der Waals surface area contributed by atoms with Crippen molar-refractivity contribution in [3.05, 3.63) is 164 Å². The highest BCUT2D eigenvalue weighted by molar-refractivity contribution is 6.35. The zero-order valence-electron chi connectivity index (χ0n) is 25.8. The largest absolute Gasteiger partial charge is 0.454 e. The van der Waals surface area contributed by atoms with Gasteiger partial charge in [0.15, 0.2) is 11.4 Å². The lowest BCUT2D eigenvalue weighted by Gasteiger charge is -2.10. The predicted octanol–water partition coefficient (Wildman–Crippen LogP) is 11.6. The fraction of sp³-hybridized carbons (Fsp3) is 0. The van der Waals surface area contributed by atoms with Crippen LogP contribution >= 0.6 is 0 Å². The molecule has 4 nitrogen and oxygen atoms in total. The number of aromatic nitrogens is 3. The van der Waals surface area contributed by atoms with Crippen LogP contribution in [0, 0.1) is 0 Å². The molecule has 0 amide bonds. The molecule has 0 bridgehead atoms. The summed E-state index contributed by atoms with van der Waals surface area (Å²) in [5.74, 6) is 0.687. The van der Waals surface area contributed by atoms with Crippen molar-refractivity contribution in [3.63, 3.8) is 0 Å². The summed E-state index contributed by atoms with van der Waals surface area (Å²) in [4.78, 5) is 10.3. The number of benzene rings is 7. The van der Waals surface area contributed by atoms with Crippen LogP contribution in [0.15, 0.2) is 168 Å². The molecule has 48 heavy (non-hydrogen) atoms. The van der Waals surface area contributed by atoms with Crippen LogP contribution in [-0.2, 0) is 0 Å². The van der Waals surface area contributed by atoms with Gasteiger partial charge in [-0.1, -0.05) is 121 Å². The maximum absolute atomic E-state index is 6.76. The fourth-order valence-corrected chi connectivity index (χ4v) is 7.25. The molecule has 0 radical (unpaired) electrons. The standard InChI is InChI=1S/C44H27N3O/c1-4-14-28(15-5-1)36-27-37(29-16-6-2-7-17-29)46-44(45-36)30-24-25-38-35(26-30)40-32-20-10-11-21-33(32)41-34-22-12-13-23-39(34)48-43(41)42(40)47(38)31-18-8-3-9-19-31/h1-27H. The molecule has 0 aliphatic heterocycles. The van der Waals surface area contributed by atoms with Gasteiger partial charge in [0.05, 0.1) is 22.4 Å². The molecule has 10 rings (SSSR count). The van der Waals surface area contributed by atoms with Crippen LogP contribution < -0.4 is 0 Å². The monoisotopic (exact) mass is 613 g/mol. The smallest absolute Gasteiger partial charge is 0.160 e. The lowest BCUT2D eigenvalue weighted by Crippen LogP contribution is -1.96. The number of hydrogen-bond acceptors (Lipinski definition) is 3. The zero-order chi connectivity index (χ0) is 31.6. The van der Waals surface area contributed by atoms with Gasteiger partial charge in [-0.3, -0.25) is 0 Å². The van der Waals surface area contributed by atoms with Gasteiger partial charge in [-0.15, -0.1) is 0 Å². The van der Waals surface area contributed by atoms with Crippen molar-refractivity contribution in [2.24, 2.45) is 0 Å². The van der Waals surface area contributed by atoms with Gasteiger partial charge < -0.3 is 8.98 Å². The summed E-state index contributed by atoms with van der Waals surface area (Å²) in [6, 6.07) is 57.0. The molecule has 4 heteroatoms. The van der Waals surface area contributed by atoms with Gasteiger partial charge in [-0.2, -0.15) is 0 Å². The van der Waals surface area contributed by atoms with Gasteiger partial charge in [-0.25, -0.2) is 9.97 Å². The van der Waals surface area contributed by atoms with E-state index in [9.17, 15) is 0 Å². The highest BCUT2D eigenvalue weighted by Crippen LogP contribution is 2.46. The summed E-state index contributed by atoms with van der Waals surface area (Å²) < 4.78 is 9.11. The average Bonchev–Trinajstić information content (AvgIpc) is 3.72. The van der Waals surface area contributed by atoms with Crippen molar-refractivity contribution in [3.8, 4) is 39.6 Å². The Morgan fingerprint density at radius 3 is 1.67 bits per heavy atom. The molecule has 0 saturated carbocycles. The summed E-state index contributed by atoms with van der Waals surface area (Å²) in [7, 11) is 0. The Kier molecular flexibility index (Phi) is 5.84. The SMILES string of the molecule is c1ccc(-c2cc(-c3ccccc3)nc(-c3ccc4c(c3)c3c5ccccc5c5c6ccccc6oc5c3n4-c3ccccc3)n2)cc1. The van der Waals surface area contributed by atoms with Crippen molar-refractivity contribution in [2.45, 2.75) is 0 Å². The maximum Gasteiger partial charge on any atom is 0.160 e. The van der Waals surface area contributed by atoms with Crippen LogP contribution in [0.3, 0.4) is 0 Å². The molecule has 224 valence electrons. The predicted molar refractivity (Wildman–Crippen MR) is 197 cm³/mol. The van der Waals surface area contributed by atoms with Crippen LogP contribution in [0.2, 0.25) is 0 Å². The third-order valence-corrected chi connectivity index (χ3v) is 9.38. The minimum absolute atomic E-state index is 0.687. The summed E-state index contributed by atoms with van der Waals surface area (Å²) in [6.45, 7) is 0. The van der Waals surface area contributed by atoms with Crippen molar-refractivity contribution in [1.29, 1.82) is 0 Å². The van der Waals surface area contributed by atoms with E-state index < -0.39 is 0 Å². The fourth-order valence-electron chi connectivity index (χ4n) is 7.25. The van der Waals surface area contributed by atoms with E-state index in [4.69, 9.17) is 14.4 Å². The lowest BCUT2D eigenvalue weighted by molar-refractivity contribution is 0.671. The Labute approximate surface area is 276 Å². The number of nitrogens with zero attached hydrogens (tertiary/aromatic N) is 3. The Bertz CT molecular complexity index is 2760. The second kappa shape index (κ2) is 10.5. The van der Waals surface area contributed by atoms with Gasteiger partial charge in [0, 0.05) is 43.9 Å². The van der Waals surface area contributed by atoms with Crippen LogP contribution in [-0.4, -0.2) is 14.5 Å². The van der Waals surface area contributed by atoms with Crippen molar-refractivity contribution in [2.75, 3.05) is 0 Å². The number of para-hydroxylation sites is 2. The zero-order valence-corrected chi connectivity index (χ0v) is 25.8. The summed E-state index contributed by atoms with van der Waals surface area (Å²) in [6.07, 6.45) is 0. The van der Waals surface area contributed by atoms with E-state index >= 15 is 0 Å². The third-order valence-electron chi connectivity index (χ3n) is 9.38. The first-order valence-corrected chi connectivity index (χ1v) is 16.2. The summed E-state index contributed by atoms with van der Waals surface area (Å²) >= 11 is 0.